The normalized spacial score (nSPS) is 11.4. The molecule has 0 unspecified atom stereocenters. The minimum atomic E-state index is 0.583. The molecule has 0 saturated carbocycles. The predicted octanol–water partition coefficient (Wildman–Crippen LogP) is 3.94. The van der Waals surface area contributed by atoms with E-state index in [-0.39, 0.29) is 0 Å². The molecule has 0 N–H and O–H groups in total. The number of methoxy groups -OCH3 is 2. The number of nitrogens with zero attached hydrogens (tertiary/aromatic N) is 3. The fraction of sp³-hybridized carbons (Fsp3) is 0.200. The molecular weight excluding hydrogens is 334 g/mol. The number of rotatable bonds is 4. The zero-order valence-electron chi connectivity index (χ0n) is 12.7. The van der Waals surface area contributed by atoms with Gasteiger partial charge in [0.05, 0.1) is 20.4 Å². The summed E-state index contributed by atoms with van der Waals surface area (Å²) in [4.78, 5) is 5.24. The van der Waals surface area contributed by atoms with Gasteiger partial charge < -0.3 is 13.9 Å². The van der Waals surface area contributed by atoms with E-state index in [0.717, 1.165) is 20.4 Å². The van der Waals surface area contributed by atoms with E-state index in [1.165, 1.54) is 0 Å². The monoisotopic (exact) mass is 347 g/mol. The van der Waals surface area contributed by atoms with E-state index in [9.17, 15) is 0 Å². The third-order valence-corrected chi connectivity index (χ3v) is 5.42. The number of hydrogen-bond acceptors (Lipinski definition) is 7. The van der Waals surface area contributed by atoms with Gasteiger partial charge in [0.15, 0.2) is 21.4 Å². The van der Waals surface area contributed by atoms with Crippen molar-refractivity contribution in [2.45, 2.75) is 4.34 Å². The minimum absolute atomic E-state index is 0.583. The van der Waals surface area contributed by atoms with Crippen LogP contribution >= 0.6 is 23.1 Å². The van der Waals surface area contributed by atoms with E-state index in [2.05, 4.69) is 10.1 Å². The van der Waals surface area contributed by atoms with Crippen LogP contribution in [0.1, 0.15) is 0 Å². The van der Waals surface area contributed by atoms with Gasteiger partial charge in [-0.15, -0.1) is 5.10 Å². The summed E-state index contributed by atoms with van der Waals surface area (Å²) in [5, 5.41) is 5.47. The summed E-state index contributed by atoms with van der Waals surface area (Å²) in [6, 6.07) is 5.76. The van der Waals surface area contributed by atoms with E-state index >= 15 is 0 Å². The lowest BCUT2D eigenvalue weighted by Crippen LogP contribution is -1.90. The zero-order chi connectivity index (χ0) is 16.0. The molecule has 0 aliphatic heterocycles. The van der Waals surface area contributed by atoms with Crippen LogP contribution in [0.4, 0.5) is 0 Å². The Kier molecular flexibility index (Phi) is 3.42. The molecule has 0 spiro atoms. The van der Waals surface area contributed by atoms with Crippen LogP contribution in [0.25, 0.3) is 27.4 Å². The number of hydrogen-bond donors (Lipinski definition) is 0. The molecule has 0 saturated heterocycles. The van der Waals surface area contributed by atoms with E-state index in [1.807, 2.05) is 24.5 Å². The Hall–Kier alpha value is -2.19. The molecular formula is C15H13N3O3S2. The maximum atomic E-state index is 6.02. The summed E-state index contributed by atoms with van der Waals surface area (Å²) in [7, 11) is 3.20. The number of imidazole rings is 1. The van der Waals surface area contributed by atoms with Gasteiger partial charge in [0, 0.05) is 5.39 Å². The van der Waals surface area contributed by atoms with E-state index < -0.39 is 0 Å². The minimum Gasteiger partial charge on any atom is -0.493 e. The maximum Gasteiger partial charge on any atom is 0.213 e. The first-order valence-electron chi connectivity index (χ1n) is 6.78. The highest BCUT2D eigenvalue weighted by molar-refractivity contribution is 8.00. The van der Waals surface area contributed by atoms with E-state index in [0.29, 0.717) is 22.8 Å². The Morgan fingerprint density at radius 1 is 1.26 bits per heavy atom. The van der Waals surface area contributed by atoms with Crippen molar-refractivity contribution in [2.75, 3.05) is 20.5 Å². The smallest absolute Gasteiger partial charge is 0.213 e. The van der Waals surface area contributed by atoms with Crippen molar-refractivity contribution >= 4 is 39.0 Å². The van der Waals surface area contributed by atoms with Gasteiger partial charge in [-0.1, -0.05) is 23.1 Å². The quantitative estimate of drug-likeness (QED) is 0.521. The Morgan fingerprint density at radius 2 is 2.13 bits per heavy atom. The molecule has 23 heavy (non-hydrogen) atoms. The number of thioether (sulfide) groups is 1. The Morgan fingerprint density at radius 3 is 2.87 bits per heavy atom. The first-order valence-corrected chi connectivity index (χ1v) is 8.82. The van der Waals surface area contributed by atoms with Crippen molar-refractivity contribution in [3.8, 4) is 23.0 Å². The molecule has 3 heterocycles. The lowest BCUT2D eigenvalue weighted by molar-refractivity contribution is 0.354. The second kappa shape index (κ2) is 5.47. The summed E-state index contributed by atoms with van der Waals surface area (Å²) in [6.45, 7) is 0. The second-order valence-corrected chi connectivity index (χ2v) is 6.75. The van der Waals surface area contributed by atoms with E-state index in [1.54, 1.807) is 48.0 Å². The van der Waals surface area contributed by atoms with Crippen molar-refractivity contribution in [1.29, 1.82) is 0 Å². The van der Waals surface area contributed by atoms with Crippen LogP contribution in [0.2, 0.25) is 0 Å². The fourth-order valence-electron chi connectivity index (χ4n) is 2.47. The van der Waals surface area contributed by atoms with Crippen molar-refractivity contribution in [2.24, 2.45) is 0 Å². The average molecular weight is 347 g/mol. The molecule has 0 amide bonds. The van der Waals surface area contributed by atoms with Gasteiger partial charge in [-0.25, -0.2) is 4.98 Å². The summed E-state index contributed by atoms with van der Waals surface area (Å²) >= 11 is 3.15. The lowest BCUT2D eigenvalue weighted by Gasteiger charge is -2.06. The van der Waals surface area contributed by atoms with Gasteiger partial charge >= 0.3 is 0 Å². The second-order valence-electron chi connectivity index (χ2n) is 4.74. The molecule has 0 radical (unpaired) electrons. The van der Waals surface area contributed by atoms with Crippen molar-refractivity contribution in [3.63, 3.8) is 0 Å². The molecule has 3 aromatic heterocycles. The summed E-state index contributed by atoms with van der Waals surface area (Å²) in [5.41, 5.74) is 1.46. The standard InChI is InChI=1S/C15H13N3O3S2/c1-19-10-5-4-8-6-11(21-12(8)13(10)20-2)9-7-16-14-18(9)17-15(22-3)23-14/h4-7H,1-3H3. The number of furan rings is 1. The first kappa shape index (κ1) is 14.4. The average Bonchev–Trinajstić information content (AvgIpc) is 3.25. The fourth-order valence-corrected chi connectivity index (χ4v) is 3.80. The number of ether oxygens (including phenoxy) is 2. The van der Waals surface area contributed by atoms with Crippen LogP contribution in [-0.4, -0.2) is 35.1 Å². The first-order chi connectivity index (χ1) is 11.2. The zero-order valence-corrected chi connectivity index (χ0v) is 14.3. The highest BCUT2D eigenvalue weighted by atomic mass is 32.2. The van der Waals surface area contributed by atoms with Crippen LogP contribution < -0.4 is 9.47 Å². The summed E-state index contributed by atoms with van der Waals surface area (Å²) in [6.07, 6.45) is 3.76. The Labute approximate surface area is 140 Å². The molecule has 0 fully saturated rings. The predicted molar refractivity (Wildman–Crippen MR) is 91.0 cm³/mol. The third kappa shape index (κ3) is 2.17. The van der Waals surface area contributed by atoms with Gasteiger partial charge in [-0.3, -0.25) is 0 Å². The van der Waals surface area contributed by atoms with Gasteiger partial charge in [-0.05, 0) is 24.5 Å². The SMILES string of the molecule is COc1ccc2cc(-c3cnc4sc(SC)nn34)oc2c1OC. The van der Waals surface area contributed by atoms with Crippen LogP contribution in [0.3, 0.4) is 0 Å². The molecule has 118 valence electrons. The van der Waals surface area contributed by atoms with Crippen molar-refractivity contribution in [1.82, 2.24) is 14.6 Å². The molecule has 1 aromatic carbocycles. The number of aromatic nitrogens is 3. The maximum absolute atomic E-state index is 6.02. The van der Waals surface area contributed by atoms with Crippen molar-refractivity contribution in [3.05, 3.63) is 24.4 Å². The molecule has 8 heteroatoms. The molecule has 0 aliphatic carbocycles. The number of benzene rings is 1. The van der Waals surface area contributed by atoms with Crippen LogP contribution in [0, 0.1) is 0 Å². The Balaban J connectivity index is 1.92. The van der Waals surface area contributed by atoms with Crippen molar-refractivity contribution < 1.29 is 13.9 Å². The highest BCUT2D eigenvalue weighted by Gasteiger charge is 2.18. The highest BCUT2D eigenvalue weighted by Crippen LogP contribution is 2.39. The largest absolute Gasteiger partial charge is 0.493 e. The lowest BCUT2D eigenvalue weighted by atomic mass is 10.2. The molecule has 0 atom stereocenters. The number of fused-ring (bicyclic) bond motifs is 2. The van der Waals surface area contributed by atoms with Gasteiger partial charge in [-0.2, -0.15) is 4.52 Å². The van der Waals surface area contributed by atoms with Crippen LogP contribution in [0.15, 0.2) is 33.2 Å². The van der Waals surface area contributed by atoms with E-state index in [4.69, 9.17) is 13.9 Å². The van der Waals surface area contributed by atoms with Gasteiger partial charge in [0.1, 0.15) is 5.69 Å². The topological polar surface area (TPSA) is 61.8 Å². The summed E-state index contributed by atoms with van der Waals surface area (Å²) in [5.74, 6) is 1.91. The van der Waals surface area contributed by atoms with Gasteiger partial charge in [0.25, 0.3) is 0 Å². The molecule has 6 nitrogen and oxygen atoms in total. The van der Waals surface area contributed by atoms with Gasteiger partial charge in [0.2, 0.25) is 10.7 Å². The van der Waals surface area contributed by atoms with Crippen LogP contribution in [-0.2, 0) is 0 Å². The Bertz CT molecular complexity index is 1000. The molecule has 0 aliphatic rings. The third-order valence-electron chi connectivity index (χ3n) is 3.52. The van der Waals surface area contributed by atoms with Crippen LogP contribution in [0.5, 0.6) is 11.5 Å². The molecule has 4 rings (SSSR count). The molecule has 4 aromatic rings. The summed E-state index contributed by atoms with van der Waals surface area (Å²) < 4.78 is 19.5. The molecule has 0 bridgehead atoms.